The Morgan fingerprint density at radius 2 is 1.74 bits per heavy atom. The maximum atomic E-state index is 12.9. The molecule has 0 saturated heterocycles. The Morgan fingerprint density at radius 1 is 1.06 bits per heavy atom. The molecule has 0 atom stereocenters. The molecular weight excluding hydrogens is 520 g/mol. The number of fused-ring (bicyclic) bond motifs is 1. The van der Waals surface area contributed by atoms with Gasteiger partial charge in [0.2, 0.25) is 0 Å². The first-order chi connectivity index (χ1) is 15.0. The summed E-state index contributed by atoms with van der Waals surface area (Å²) in [4.78, 5) is 14.7. The Labute approximate surface area is 198 Å². The molecule has 1 amide bonds. The van der Waals surface area contributed by atoms with E-state index in [0.717, 1.165) is 31.3 Å². The molecule has 0 fully saturated rings. The van der Waals surface area contributed by atoms with Gasteiger partial charge in [0, 0.05) is 23.2 Å². The molecule has 31 heavy (non-hydrogen) atoms. The normalized spacial score (nSPS) is 13.9. The summed E-state index contributed by atoms with van der Waals surface area (Å²) in [5, 5.41) is 9.26. The van der Waals surface area contributed by atoms with Crippen LogP contribution in [0.4, 0.5) is 5.69 Å². The minimum Gasteiger partial charge on any atom is -0.486 e. The fourth-order valence-corrected chi connectivity index (χ4v) is 5.08. The summed E-state index contributed by atoms with van der Waals surface area (Å²) < 4.78 is 7.51. The molecule has 0 spiro atoms. The maximum Gasteiger partial charge on any atom is 0.258 e. The van der Waals surface area contributed by atoms with Crippen LogP contribution in [0.1, 0.15) is 29.2 Å². The second kappa shape index (κ2) is 9.09. The number of carbonyl (C=O) groups is 1. The van der Waals surface area contributed by atoms with Crippen LogP contribution in [0, 0.1) is 11.3 Å². The highest BCUT2D eigenvalue weighted by Gasteiger charge is 2.30. The van der Waals surface area contributed by atoms with Crippen LogP contribution in [0.25, 0.3) is 11.6 Å². The summed E-state index contributed by atoms with van der Waals surface area (Å²) >= 11 is 7.17. The Morgan fingerprint density at radius 3 is 2.45 bits per heavy atom. The van der Waals surface area contributed by atoms with E-state index in [1.54, 1.807) is 11.0 Å². The Hall–Kier alpha value is -2.88. The molecule has 0 saturated carbocycles. The number of hydrogen-bond acceptors (Lipinski definition) is 3. The number of nitrogens with zero attached hydrogens (tertiary/aromatic N) is 2. The third kappa shape index (κ3) is 4.16. The van der Waals surface area contributed by atoms with Gasteiger partial charge in [-0.25, -0.2) is 0 Å². The van der Waals surface area contributed by atoms with Gasteiger partial charge in [-0.2, -0.15) is 5.26 Å². The minimum atomic E-state index is 0.00406. The molecule has 0 bridgehead atoms. The van der Waals surface area contributed by atoms with Gasteiger partial charge in [0.05, 0.1) is 26.3 Å². The maximum absolute atomic E-state index is 12.9. The average Bonchev–Trinajstić information content (AvgIpc) is 3.04. The number of likely N-dealkylation sites (N-methyl/N-ethyl adjacent to an activating group) is 1. The van der Waals surface area contributed by atoms with Gasteiger partial charge in [-0.15, -0.1) is 0 Å². The fraction of sp³-hybridized carbons (Fsp3) is 0.120. The van der Waals surface area contributed by atoms with E-state index in [1.807, 2.05) is 67.6 Å². The summed E-state index contributed by atoms with van der Waals surface area (Å²) in [5.41, 5.74) is 4.84. The van der Waals surface area contributed by atoms with Crippen LogP contribution >= 0.6 is 31.9 Å². The molecule has 3 aromatic rings. The molecule has 6 heteroatoms. The molecule has 0 aromatic heterocycles. The predicted molar refractivity (Wildman–Crippen MR) is 130 cm³/mol. The lowest BCUT2D eigenvalue weighted by molar-refractivity contribution is -0.112. The average molecular weight is 538 g/mol. The van der Waals surface area contributed by atoms with Gasteiger partial charge >= 0.3 is 0 Å². The highest BCUT2D eigenvalue weighted by molar-refractivity contribution is 9.11. The van der Waals surface area contributed by atoms with Gasteiger partial charge in [-0.05, 0) is 74.7 Å². The van der Waals surface area contributed by atoms with Gasteiger partial charge in [-0.1, -0.05) is 36.4 Å². The molecule has 4 rings (SSSR count). The molecule has 0 N–H and O–H groups in total. The molecule has 1 heterocycles. The van der Waals surface area contributed by atoms with E-state index in [2.05, 4.69) is 37.9 Å². The molecule has 0 radical (unpaired) electrons. The van der Waals surface area contributed by atoms with Crippen LogP contribution in [-0.4, -0.2) is 12.5 Å². The quantitative estimate of drug-likeness (QED) is 0.346. The number of anilines is 1. The lowest BCUT2D eigenvalue weighted by atomic mass is 10.0. The van der Waals surface area contributed by atoms with Crippen molar-refractivity contribution in [3.8, 4) is 11.8 Å². The smallest absolute Gasteiger partial charge is 0.258 e. The summed E-state index contributed by atoms with van der Waals surface area (Å²) in [5.74, 6) is 0.646. The summed E-state index contributed by atoms with van der Waals surface area (Å²) in [7, 11) is 0. The number of benzene rings is 3. The van der Waals surface area contributed by atoms with E-state index in [0.29, 0.717) is 23.4 Å². The van der Waals surface area contributed by atoms with Crippen molar-refractivity contribution in [2.45, 2.75) is 13.5 Å². The number of para-hydroxylation sites is 1. The van der Waals surface area contributed by atoms with Gasteiger partial charge in [0.15, 0.2) is 0 Å². The Balaban J connectivity index is 1.64. The van der Waals surface area contributed by atoms with Gasteiger partial charge in [-0.3, -0.25) is 4.79 Å². The summed E-state index contributed by atoms with van der Waals surface area (Å²) in [6, 6.07) is 21.2. The largest absolute Gasteiger partial charge is 0.486 e. The molecule has 0 aliphatic carbocycles. The van der Waals surface area contributed by atoms with Gasteiger partial charge in [0.25, 0.3) is 5.91 Å². The Kier molecular flexibility index (Phi) is 6.26. The van der Waals surface area contributed by atoms with E-state index < -0.39 is 0 Å². The van der Waals surface area contributed by atoms with Gasteiger partial charge in [0.1, 0.15) is 12.4 Å². The second-order valence-electron chi connectivity index (χ2n) is 7.00. The number of carbonyl (C=O) groups excluding carboxylic acids is 1. The highest BCUT2D eigenvalue weighted by atomic mass is 79.9. The molecule has 3 aromatic carbocycles. The first-order valence-electron chi connectivity index (χ1n) is 9.76. The van der Waals surface area contributed by atoms with E-state index in [4.69, 9.17) is 4.74 Å². The van der Waals surface area contributed by atoms with E-state index >= 15 is 0 Å². The van der Waals surface area contributed by atoms with Crippen molar-refractivity contribution in [1.29, 1.82) is 5.26 Å². The number of rotatable bonds is 5. The highest BCUT2D eigenvalue weighted by Crippen LogP contribution is 2.40. The summed E-state index contributed by atoms with van der Waals surface area (Å²) in [6.07, 6.45) is 1.90. The van der Waals surface area contributed by atoms with Crippen molar-refractivity contribution in [1.82, 2.24) is 0 Å². The summed E-state index contributed by atoms with van der Waals surface area (Å²) in [6.45, 7) is 2.87. The number of hydrogen-bond donors (Lipinski definition) is 0. The van der Waals surface area contributed by atoms with Crippen LogP contribution in [0.2, 0.25) is 0 Å². The molecule has 1 aliphatic heterocycles. The molecule has 4 nitrogen and oxygen atoms in total. The topological polar surface area (TPSA) is 53.3 Å². The lowest BCUT2D eigenvalue weighted by Crippen LogP contribution is -2.25. The zero-order chi connectivity index (χ0) is 22.0. The van der Waals surface area contributed by atoms with Crippen LogP contribution in [0.15, 0.2) is 69.6 Å². The van der Waals surface area contributed by atoms with Crippen molar-refractivity contribution < 1.29 is 9.53 Å². The monoisotopic (exact) mass is 536 g/mol. The third-order valence-electron chi connectivity index (χ3n) is 5.12. The first-order valence-corrected chi connectivity index (χ1v) is 11.3. The number of halogens is 2. The van der Waals surface area contributed by atoms with Crippen LogP contribution < -0.4 is 9.64 Å². The Bertz CT molecular complexity index is 1220. The first kappa shape index (κ1) is 21.4. The van der Waals surface area contributed by atoms with Crippen molar-refractivity contribution >= 4 is 55.1 Å². The van der Waals surface area contributed by atoms with Crippen LogP contribution in [0.5, 0.6) is 5.75 Å². The third-order valence-corrected chi connectivity index (χ3v) is 6.30. The van der Waals surface area contributed by atoms with Crippen molar-refractivity contribution in [2.75, 3.05) is 11.4 Å². The zero-order valence-corrected chi connectivity index (χ0v) is 19.9. The number of nitriles is 1. The number of ether oxygens (including phenoxy) is 1. The van der Waals surface area contributed by atoms with Crippen molar-refractivity contribution in [2.24, 2.45) is 0 Å². The fourth-order valence-electron chi connectivity index (χ4n) is 3.63. The predicted octanol–water partition coefficient (Wildman–Crippen LogP) is 6.57. The second-order valence-corrected chi connectivity index (χ2v) is 8.70. The van der Waals surface area contributed by atoms with Crippen LogP contribution in [-0.2, 0) is 11.4 Å². The minimum absolute atomic E-state index is 0.00406. The lowest BCUT2D eigenvalue weighted by Gasteiger charge is -2.13. The molecule has 0 unspecified atom stereocenters. The van der Waals surface area contributed by atoms with E-state index in [1.165, 1.54) is 0 Å². The van der Waals surface area contributed by atoms with E-state index in [-0.39, 0.29) is 12.5 Å². The van der Waals surface area contributed by atoms with Crippen LogP contribution in [0.3, 0.4) is 0 Å². The van der Waals surface area contributed by atoms with Crippen molar-refractivity contribution in [3.63, 3.8) is 0 Å². The molecule has 154 valence electrons. The van der Waals surface area contributed by atoms with E-state index in [9.17, 15) is 10.1 Å². The van der Waals surface area contributed by atoms with Crippen molar-refractivity contribution in [3.05, 3.63) is 91.9 Å². The molecule has 1 aliphatic rings. The number of amides is 1. The standard InChI is InChI=1S/C25H18Br2N2O2/c1-2-29-23-10-6-5-9-19(23)20(25(29)30)11-16-12-21(26)24(22(27)13-16)31-15-18-8-4-3-7-17(18)14-28/h3-13H,2,15H2,1H3/b20-11-. The van der Waals surface area contributed by atoms with Gasteiger partial charge < -0.3 is 9.64 Å². The molecular formula is C25H18Br2N2O2. The SMILES string of the molecule is CCN1C(=O)/C(=C\c2cc(Br)c(OCc3ccccc3C#N)c(Br)c2)c2ccccc21. The zero-order valence-electron chi connectivity index (χ0n) is 16.7.